The molecule has 2 saturated heterocycles. The summed E-state index contributed by atoms with van der Waals surface area (Å²) in [6.45, 7) is 4.82. The van der Waals surface area contributed by atoms with Gasteiger partial charge < -0.3 is 15.1 Å². The van der Waals surface area contributed by atoms with Gasteiger partial charge in [0.1, 0.15) is 6.33 Å². The molecule has 22 heavy (non-hydrogen) atoms. The van der Waals surface area contributed by atoms with Crippen molar-refractivity contribution in [2.45, 2.75) is 32.2 Å². The monoisotopic (exact) mass is 303 g/mol. The number of likely N-dealkylation sites (tertiary alicyclic amines) is 1. The molecule has 1 N–H and O–H groups in total. The van der Waals surface area contributed by atoms with Crippen LogP contribution in [0.15, 0.2) is 12.5 Å². The summed E-state index contributed by atoms with van der Waals surface area (Å²) in [6, 6.07) is 0.263. The van der Waals surface area contributed by atoms with Crippen LogP contribution >= 0.6 is 0 Å². The van der Waals surface area contributed by atoms with E-state index in [1.54, 1.807) is 6.20 Å². The van der Waals surface area contributed by atoms with E-state index in [4.69, 9.17) is 0 Å². The first-order valence-corrected chi connectivity index (χ1v) is 7.83. The third kappa shape index (κ3) is 2.75. The molecule has 1 aromatic heterocycles. The maximum absolute atomic E-state index is 12.6. The molecule has 1 aromatic rings. The molecule has 3 amide bonds. The topological polar surface area (TPSA) is 78.4 Å². The molecule has 0 spiro atoms. The summed E-state index contributed by atoms with van der Waals surface area (Å²) in [4.78, 5) is 36.2. The maximum atomic E-state index is 12.6. The van der Waals surface area contributed by atoms with Crippen LogP contribution in [0, 0.1) is 0 Å². The van der Waals surface area contributed by atoms with Crippen LogP contribution in [0.5, 0.6) is 0 Å². The van der Waals surface area contributed by atoms with Crippen LogP contribution < -0.4 is 5.32 Å². The first-order valence-electron chi connectivity index (χ1n) is 7.83. The van der Waals surface area contributed by atoms with Crippen molar-refractivity contribution in [1.29, 1.82) is 0 Å². The fraction of sp³-hybridized carbons (Fsp3) is 0.600. The highest BCUT2D eigenvalue weighted by molar-refractivity contribution is 5.95. The standard InChI is InChI=1S/C15H21N5O2/c1-2-13-12(9-16-10-18-13)14(21)19-6-3-11(4-7-19)20-8-5-17-15(20)22/h9-11H,2-8H2,1H3,(H,17,22). The first kappa shape index (κ1) is 14.7. The minimum absolute atomic E-state index is 0.00164. The lowest BCUT2D eigenvalue weighted by atomic mass is 10.0. The Balaban J connectivity index is 1.63. The van der Waals surface area contributed by atoms with E-state index in [1.165, 1.54) is 6.33 Å². The molecular weight excluding hydrogens is 282 g/mol. The highest BCUT2D eigenvalue weighted by atomic mass is 16.2. The normalized spacial score (nSPS) is 19.4. The van der Waals surface area contributed by atoms with Gasteiger partial charge in [-0.15, -0.1) is 0 Å². The maximum Gasteiger partial charge on any atom is 0.317 e. The average Bonchev–Trinajstić information content (AvgIpc) is 3.00. The van der Waals surface area contributed by atoms with Gasteiger partial charge in [0.05, 0.1) is 11.3 Å². The Labute approximate surface area is 129 Å². The zero-order chi connectivity index (χ0) is 15.5. The Morgan fingerprint density at radius 2 is 2.14 bits per heavy atom. The SMILES string of the molecule is CCc1ncncc1C(=O)N1CCC(N2CCNC2=O)CC1. The minimum Gasteiger partial charge on any atom is -0.338 e. The molecular formula is C15H21N5O2. The predicted molar refractivity (Wildman–Crippen MR) is 80.4 cm³/mol. The van der Waals surface area contributed by atoms with E-state index in [0.29, 0.717) is 25.1 Å². The Hall–Kier alpha value is -2.18. The summed E-state index contributed by atoms with van der Waals surface area (Å²) in [7, 11) is 0. The Morgan fingerprint density at radius 1 is 1.36 bits per heavy atom. The van der Waals surface area contributed by atoms with Gasteiger partial charge in [-0.05, 0) is 19.3 Å². The molecule has 7 nitrogen and oxygen atoms in total. The summed E-state index contributed by atoms with van der Waals surface area (Å²) in [5, 5.41) is 2.83. The molecule has 2 aliphatic heterocycles. The van der Waals surface area contributed by atoms with E-state index in [2.05, 4.69) is 15.3 Å². The highest BCUT2D eigenvalue weighted by Gasteiger charge is 2.32. The van der Waals surface area contributed by atoms with Gasteiger partial charge in [0.2, 0.25) is 0 Å². The molecule has 2 fully saturated rings. The fourth-order valence-corrected chi connectivity index (χ4v) is 3.20. The van der Waals surface area contributed by atoms with Crippen molar-refractivity contribution in [3.05, 3.63) is 23.8 Å². The smallest absolute Gasteiger partial charge is 0.317 e. The second-order valence-electron chi connectivity index (χ2n) is 5.69. The molecule has 0 aromatic carbocycles. The van der Waals surface area contributed by atoms with E-state index in [9.17, 15) is 9.59 Å². The number of piperidine rings is 1. The summed E-state index contributed by atoms with van der Waals surface area (Å²) < 4.78 is 0. The van der Waals surface area contributed by atoms with Crippen molar-refractivity contribution in [2.24, 2.45) is 0 Å². The third-order valence-corrected chi connectivity index (χ3v) is 4.44. The predicted octanol–water partition coefficient (Wildman–Crippen LogP) is 0.669. The summed E-state index contributed by atoms with van der Waals surface area (Å²) >= 11 is 0. The molecule has 3 rings (SSSR count). The lowest BCUT2D eigenvalue weighted by molar-refractivity contribution is 0.0664. The summed E-state index contributed by atoms with van der Waals surface area (Å²) in [5.41, 5.74) is 1.39. The fourth-order valence-electron chi connectivity index (χ4n) is 3.20. The summed E-state index contributed by atoms with van der Waals surface area (Å²) in [5.74, 6) is 0.00164. The molecule has 0 aliphatic carbocycles. The number of urea groups is 1. The van der Waals surface area contributed by atoms with E-state index in [-0.39, 0.29) is 18.0 Å². The van der Waals surface area contributed by atoms with E-state index < -0.39 is 0 Å². The number of hydrogen-bond donors (Lipinski definition) is 1. The molecule has 118 valence electrons. The molecule has 0 unspecified atom stereocenters. The Kier molecular flexibility index (Phi) is 4.22. The molecule has 3 heterocycles. The van der Waals surface area contributed by atoms with Gasteiger partial charge in [-0.1, -0.05) is 6.92 Å². The lowest BCUT2D eigenvalue weighted by Crippen LogP contribution is -2.47. The van der Waals surface area contributed by atoms with Crippen LogP contribution in [0.1, 0.15) is 35.8 Å². The van der Waals surface area contributed by atoms with Crippen LogP contribution in [-0.2, 0) is 6.42 Å². The van der Waals surface area contributed by atoms with Crippen molar-refractivity contribution < 1.29 is 9.59 Å². The number of nitrogens with zero attached hydrogens (tertiary/aromatic N) is 4. The van der Waals surface area contributed by atoms with Gasteiger partial charge in [0.25, 0.3) is 5.91 Å². The zero-order valence-electron chi connectivity index (χ0n) is 12.8. The largest absolute Gasteiger partial charge is 0.338 e. The van der Waals surface area contributed by atoms with Crippen LogP contribution in [-0.4, -0.2) is 63.9 Å². The van der Waals surface area contributed by atoms with Crippen molar-refractivity contribution in [3.8, 4) is 0 Å². The number of carbonyl (C=O) groups excluding carboxylic acids is 2. The Bertz CT molecular complexity index is 569. The van der Waals surface area contributed by atoms with Crippen molar-refractivity contribution >= 4 is 11.9 Å². The molecule has 7 heteroatoms. The number of aryl methyl sites for hydroxylation is 1. The van der Waals surface area contributed by atoms with Crippen LogP contribution in [0.25, 0.3) is 0 Å². The number of aromatic nitrogens is 2. The quantitative estimate of drug-likeness (QED) is 0.890. The number of rotatable bonds is 3. The third-order valence-electron chi connectivity index (χ3n) is 4.44. The van der Waals surface area contributed by atoms with Crippen LogP contribution in [0.2, 0.25) is 0 Å². The number of nitrogens with one attached hydrogen (secondary N) is 1. The second kappa shape index (κ2) is 6.29. The van der Waals surface area contributed by atoms with Gasteiger partial charge in [-0.3, -0.25) is 4.79 Å². The van der Waals surface area contributed by atoms with Gasteiger partial charge in [-0.25, -0.2) is 14.8 Å². The molecule has 0 saturated carbocycles. The van der Waals surface area contributed by atoms with Crippen molar-refractivity contribution in [2.75, 3.05) is 26.2 Å². The van der Waals surface area contributed by atoms with Gasteiger partial charge in [0.15, 0.2) is 0 Å². The zero-order valence-corrected chi connectivity index (χ0v) is 12.8. The highest BCUT2D eigenvalue weighted by Crippen LogP contribution is 2.20. The van der Waals surface area contributed by atoms with Crippen LogP contribution in [0.3, 0.4) is 0 Å². The van der Waals surface area contributed by atoms with Gasteiger partial charge in [-0.2, -0.15) is 0 Å². The number of amides is 3. The van der Waals surface area contributed by atoms with Crippen molar-refractivity contribution in [3.63, 3.8) is 0 Å². The molecule has 2 aliphatic rings. The lowest BCUT2D eigenvalue weighted by Gasteiger charge is -2.36. The number of hydrogen-bond acceptors (Lipinski definition) is 4. The van der Waals surface area contributed by atoms with Gasteiger partial charge >= 0.3 is 6.03 Å². The van der Waals surface area contributed by atoms with Crippen molar-refractivity contribution in [1.82, 2.24) is 25.1 Å². The van der Waals surface area contributed by atoms with Crippen LogP contribution in [0.4, 0.5) is 4.79 Å². The summed E-state index contributed by atoms with van der Waals surface area (Å²) in [6.07, 6.45) is 5.46. The molecule has 0 atom stereocenters. The molecule has 0 radical (unpaired) electrons. The van der Waals surface area contributed by atoms with Gasteiger partial charge in [0, 0.05) is 38.4 Å². The van der Waals surface area contributed by atoms with E-state index in [1.807, 2.05) is 16.7 Å². The minimum atomic E-state index is 0.00164. The second-order valence-corrected chi connectivity index (χ2v) is 5.69. The Morgan fingerprint density at radius 3 is 2.77 bits per heavy atom. The van der Waals surface area contributed by atoms with E-state index in [0.717, 1.165) is 31.6 Å². The first-order chi connectivity index (χ1) is 10.7. The molecule has 0 bridgehead atoms. The average molecular weight is 303 g/mol. The van der Waals surface area contributed by atoms with E-state index >= 15 is 0 Å². The number of carbonyl (C=O) groups is 2.